The van der Waals surface area contributed by atoms with Gasteiger partial charge in [-0.2, -0.15) is 0 Å². The zero-order valence-electron chi connectivity index (χ0n) is 8.18. The van der Waals surface area contributed by atoms with Gasteiger partial charge in [-0.1, -0.05) is 42.1 Å². The number of hydrogen-bond donors (Lipinski definition) is 1. The molecule has 1 unspecified atom stereocenters. The van der Waals surface area contributed by atoms with E-state index < -0.39 is 0 Å². The van der Waals surface area contributed by atoms with Crippen molar-refractivity contribution in [1.82, 2.24) is 5.32 Å². The second-order valence-corrected chi connectivity index (χ2v) is 4.82. The van der Waals surface area contributed by atoms with Crippen molar-refractivity contribution in [2.75, 3.05) is 0 Å². The molecule has 1 rings (SSSR count). The van der Waals surface area contributed by atoms with Crippen molar-refractivity contribution in [3.63, 3.8) is 0 Å². The second kappa shape index (κ2) is 5.63. The number of hydrogen-bond acceptors (Lipinski definition) is 1. The van der Waals surface area contributed by atoms with E-state index in [1.54, 1.807) is 0 Å². The average Bonchev–Trinajstić information content (AvgIpc) is 2.18. The lowest BCUT2D eigenvalue weighted by Crippen LogP contribution is -2.40. The third-order valence-corrected chi connectivity index (χ3v) is 3.66. The first-order valence-corrected chi connectivity index (χ1v) is 6.10. The molecule has 0 heterocycles. The topological polar surface area (TPSA) is 29.1 Å². The van der Waals surface area contributed by atoms with Crippen LogP contribution in [0.4, 0.5) is 0 Å². The van der Waals surface area contributed by atoms with Gasteiger partial charge >= 0.3 is 0 Å². The van der Waals surface area contributed by atoms with Gasteiger partial charge in [0.1, 0.15) is 0 Å². The van der Waals surface area contributed by atoms with Crippen LogP contribution in [0.3, 0.4) is 0 Å². The Morgan fingerprint density at radius 1 is 1.46 bits per heavy atom. The summed E-state index contributed by atoms with van der Waals surface area (Å²) < 4.78 is 0. The Bertz CT molecular complexity index is 166. The molecular formula is C10H18BrNO. The standard InChI is InChI=1S/C10H18BrNO/c1-2-9(11)10(13)12-8-6-4-3-5-7-8/h8-9H,2-7H2,1H3,(H,12,13). The van der Waals surface area contributed by atoms with Crippen LogP contribution in [0.1, 0.15) is 45.4 Å². The van der Waals surface area contributed by atoms with Crippen LogP contribution in [0.2, 0.25) is 0 Å². The fourth-order valence-corrected chi connectivity index (χ4v) is 1.86. The number of nitrogens with one attached hydrogen (secondary N) is 1. The quantitative estimate of drug-likeness (QED) is 0.764. The first kappa shape index (κ1) is 11.0. The van der Waals surface area contributed by atoms with Crippen LogP contribution in [-0.4, -0.2) is 16.8 Å². The SMILES string of the molecule is CCC(Br)C(=O)NC1CCCCC1. The summed E-state index contributed by atoms with van der Waals surface area (Å²) in [5.41, 5.74) is 0. The minimum Gasteiger partial charge on any atom is -0.352 e. The van der Waals surface area contributed by atoms with Crippen LogP contribution in [-0.2, 0) is 4.79 Å². The summed E-state index contributed by atoms with van der Waals surface area (Å²) in [6, 6.07) is 0.438. The summed E-state index contributed by atoms with van der Waals surface area (Å²) in [4.78, 5) is 11.5. The molecule has 0 aromatic carbocycles. The molecule has 1 aliphatic rings. The summed E-state index contributed by atoms with van der Waals surface area (Å²) in [5, 5.41) is 3.08. The molecule has 0 bridgehead atoms. The molecule has 2 nitrogen and oxygen atoms in total. The molecule has 76 valence electrons. The van der Waals surface area contributed by atoms with Crippen molar-refractivity contribution >= 4 is 21.8 Å². The number of alkyl halides is 1. The van der Waals surface area contributed by atoms with Crippen molar-refractivity contribution in [1.29, 1.82) is 0 Å². The van der Waals surface area contributed by atoms with Crippen molar-refractivity contribution in [2.24, 2.45) is 0 Å². The maximum Gasteiger partial charge on any atom is 0.233 e. The normalized spacial score (nSPS) is 21.1. The van der Waals surface area contributed by atoms with E-state index in [9.17, 15) is 4.79 Å². The van der Waals surface area contributed by atoms with Gasteiger partial charge in [-0.3, -0.25) is 4.79 Å². The van der Waals surface area contributed by atoms with Crippen LogP contribution < -0.4 is 5.32 Å². The number of carbonyl (C=O) groups is 1. The maximum absolute atomic E-state index is 11.5. The number of rotatable bonds is 3. The molecule has 1 atom stereocenters. The molecule has 0 spiro atoms. The second-order valence-electron chi connectivity index (χ2n) is 3.72. The highest BCUT2D eigenvalue weighted by Crippen LogP contribution is 2.18. The summed E-state index contributed by atoms with van der Waals surface area (Å²) in [6.07, 6.45) is 7.05. The minimum atomic E-state index is -0.00516. The minimum absolute atomic E-state index is 0.00516. The number of carbonyl (C=O) groups excluding carboxylic acids is 1. The largest absolute Gasteiger partial charge is 0.352 e. The summed E-state index contributed by atoms with van der Waals surface area (Å²) in [5.74, 6) is 0.161. The van der Waals surface area contributed by atoms with Gasteiger partial charge < -0.3 is 5.32 Å². The Balaban J connectivity index is 2.26. The van der Waals surface area contributed by atoms with E-state index in [0.29, 0.717) is 6.04 Å². The Labute approximate surface area is 88.6 Å². The van der Waals surface area contributed by atoms with E-state index >= 15 is 0 Å². The van der Waals surface area contributed by atoms with Crippen molar-refractivity contribution in [3.8, 4) is 0 Å². The van der Waals surface area contributed by atoms with E-state index in [1.807, 2.05) is 6.92 Å². The van der Waals surface area contributed by atoms with E-state index in [4.69, 9.17) is 0 Å². The average molecular weight is 248 g/mol. The fraction of sp³-hybridized carbons (Fsp3) is 0.900. The first-order chi connectivity index (χ1) is 6.24. The highest BCUT2D eigenvalue weighted by molar-refractivity contribution is 9.10. The molecule has 0 aromatic heterocycles. The van der Waals surface area contributed by atoms with Crippen molar-refractivity contribution in [2.45, 2.75) is 56.3 Å². The Morgan fingerprint density at radius 2 is 2.08 bits per heavy atom. The number of amides is 1. The molecule has 0 aliphatic heterocycles. The molecule has 0 saturated heterocycles. The number of halogens is 1. The summed E-state index contributed by atoms with van der Waals surface area (Å²) >= 11 is 3.36. The molecule has 0 radical (unpaired) electrons. The summed E-state index contributed by atoms with van der Waals surface area (Å²) in [7, 11) is 0. The predicted molar refractivity (Wildman–Crippen MR) is 58.0 cm³/mol. The van der Waals surface area contributed by atoms with E-state index in [2.05, 4.69) is 21.2 Å². The lowest BCUT2D eigenvalue weighted by molar-refractivity contribution is -0.121. The molecule has 1 saturated carbocycles. The van der Waals surface area contributed by atoms with Gasteiger partial charge in [-0.15, -0.1) is 0 Å². The van der Waals surface area contributed by atoms with Crippen molar-refractivity contribution in [3.05, 3.63) is 0 Å². The predicted octanol–water partition coefficient (Wildman–Crippen LogP) is 2.61. The van der Waals surface area contributed by atoms with Crippen LogP contribution in [0.5, 0.6) is 0 Å². The van der Waals surface area contributed by atoms with Gasteiger partial charge in [0.25, 0.3) is 0 Å². The fourth-order valence-electron chi connectivity index (χ4n) is 1.72. The lowest BCUT2D eigenvalue weighted by Gasteiger charge is -2.23. The Morgan fingerprint density at radius 3 is 2.62 bits per heavy atom. The van der Waals surface area contributed by atoms with Gasteiger partial charge in [0.05, 0.1) is 4.83 Å². The van der Waals surface area contributed by atoms with Gasteiger partial charge in [0, 0.05) is 6.04 Å². The van der Waals surface area contributed by atoms with E-state index in [0.717, 1.165) is 19.3 Å². The van der Waals surface area contributed by atoms with Gasteiger partial charge in [-0.25, -0.2) is 0 Å². The smallest absolute Gasteiger partial charge is 0.233 e. The Hall–Kier alpha value is -0.0500. The van der Waals surface area contributed by atoms with E-state index in [1.165, 1.54) is 19.3 Å². The molecule has 1 N–H and O–H groups in total. The van der Waals surface area contributed by atoms with Crippen LogP contribution in [0.25, 0.3) is 0 Å². The molecule has 1 amide bonds. The van der Waals surface area contributed by atoms with Gasteiger partial charge in [0.2, 0.25) is 5.91 Å². The van der Waals surface area contributed by atoms with Crippen LogP contribution >= 0.6 is 15.9 Å². The maximum atomic E-state index is 11.5. The molecule has 13 heavy (non-hydrogen) atoms. The third-order valence-electron chi connectivity index (χ3n) is 2.59. The van der Waals surface area contributed by atoms with Gasteiger partial charge in [-0.05, 0) is 19.3 Å². The van der Waals surface area contributed by atoms with E-state index in [-0.39, 0.29) is 10.7 Å². The van der Waals surface area contributed by atoms with Crippen molar-refractivity contribution < 1.29 is 4.79 Å². The van der Waals surface area contributed by atoms with Crippen LogP contribution in [0.15, 0.2) is 0 Å². The molecule has 0 aromatic rings. The first-order valence-electron chi connectivity index (χ1n) is 5.18. The zero-order valence-corrected chi connectivity index (χ0v) is 9.77. The molecule has 1 aliphatic carbocycles. The van der Waals surface area contributed by atoms with Crippen LogP contribution in [0, 0.1) is 0 Å². The molecular weight excluding hydrogens is 230 g/mol. The monoisotopic (exact) mass is 247 g/mol. The highest BCUT2D eigenvalue weighted by atomic mass is 79.9. The third kappa shape index (κ3) is 3.67. The highest BCUT2D eigenvalue weighted by Gasteiger charge is 2.18. The zero-order chi connectivity index (χ0) is 9.68. The summed E-state index contributed by atoms with van der Waals surface area (Å²) in [6.45, 7) is 2.01. The molecule has 1 fully saturated rings. The van der Waals surface area contributed by atoms with Gasteiger partial charge in [0.15, 0.2) is 0 Å². The lowest BCUT2D eigenvalue weighted by atomic mass is 9.95. The Kier molecular flexibility index (Phi) is 4.78. The molecule has 3 heteroatoms.